The summed E-state index contributed by atoms with van der Waals surface area (Å²) >= 11 is 0. The van der Waals surface area contributed by atoms with Gasteiger partial charge >= 0.3 is 0 Å². The number of carbonyl (C=O) groups excluding carboxylic acids is 1. The van der Waals surface area contributed by atoms with Crippen molar-refractivity contribution in [2.24, 2.45) is 0 Å². The topological polar surface area (TPSA) is 66.5 Å². The number of amides is 1. The molecule has 1 atom stereocenters. The summed E-state index contributed by atoms with van der Waals surface area (Å²) in [5.41, 5.74) is 0.505. The van der Waals surface area contributed by atoms with Crippen LogP contribution in [0, 0.1) is 11.6 Å². The van der Waals surface area contributed by atoms with E-state index in [2.05, 4.69) is 4.72 Å². The summed E-state index contributed by atoms with van der Waals surface area (Å²) in [4.78, 5) is 13.4. The molecule has 1 unspecified atom stereocenters. The minimum Gasteiger partial charge on any atom is -0.311 e. The van der Waals surface area contributed by atoms with Crippen LogP contribution in [0.25, 0.3) is 0 Å². The first-order valence-corrected chi connectivity index (χ1v) is 8.67. The molecule has 0 spiro atoms. The van der Waals surface area contributed by atoms with E-state index in [1.54, 1.807) is 0 Å². The molecule has 0 radical (unpaired) electrons. The van der Waals surface area contributed by atoms with Crippen LogP contribution in [0.4, 0.5) is 14.5 Å². The normalized spacial score (nSPS) is 18.2. The van der Waals surface area contributed by atoms with Crippen molar-refractivity contribution in [3.05, 3.63) is 60.2 Å². The minimum atomic E-state index is -3.85. The third-order valence-electron chi connectivity index (χ3n) is 3.71. The summed E-state index contributed by atoms with van der Waals surface area (Å²) < 4.78 is 52.9. The predicted molar refractivity (Wildman–Crippen MR) is 83.9 cm³/mol. The first-order valence-electron chi connectivity index (χ1n) is 7.19. The van der Waals surface area contributed by atoms with Crippen LogP contribution in [0.15, 0.2) is 53.4 Å². The lowest BCUT2D eigenvalue weighted by Crippen LogP contribution is -2.37. The monoisotopic (exact) mass is 352 g/mol. The van der Waals surface area contributed by atoms with E-state index in [-0.39, 0.29) is 23.8 Å². The molecule has 1 aliphatic heterocycles. The zero-order chi connectivity index (χ0) is 17.3. The van der Waals surface area contributed by atoms with Crippen molar-refractivity contribution in [2.45, 2.75) is 17.4 Å². The van der Waals surface area contributed by atoms with Crippen molar-refractivity contribution in [1.29, 1.82) is 0 Å². The standard InChI is InChI=1S/C16H14F2N2O3S/c17-11-1-5-14(6-2-11)20-10-13(9-16(20)21)19-24(22,23)15-7-3-12(18)4-8-15/h1-8,13,19H,9-10H2. The summed E-state index contributed by atoms with van der Waals surface area (Å²) in [6.45, 7) is 0.144. The summed E-state index contributed by atoms with van der Waals surface area (Å²) in [6.07, 6.45) is -0.00218. The van der Waals surface area contributed by atoms with Crippen LogP contribution in [0.1, 0.15) is 6.42 Å². The summed E-state index contributed by atoms with van der Waals surface area (Å²) in [5, 5.41) is 0. The van der Waals surface area contributed by atoms with Crippen molar-refractivity contribution < 1.29 is 22.0 Å². The van der Waals surface area contributed by atoms with Crippen molar-refractivity contribution in [3.63, 3.8) is 0 Å². The Hall–Kier alpha value is -2.32. The van der Waals surface area contributed by atoms with Crippen LogP contribution in [0.3, 0.4) is 0 Å². The van der Waals surface area contributed by atoms with Gasteiger partial charge in [-0.3, -0.25) is 4.79 Å². The first kappa shape index (κ1) is 16.5. The van der Waals surface area contributed by atoms with E-state index in [1.165, 1.54) is 29.2 Å². The van der Waals surface area contributed by atoms with Gasteiger partial charge in [-0.25, -0.2) is 21.9 Å². The van der Waals surface area contributed by atoms with Crippen LogP contribution in [-0.4, -0.2) is 26.9 Å². The molecule has 8 heteroatoms. The number of carbonyl (C=O) groups is 1. The van der Waals surface area contributed by atoms with Gasteiger partial charge in [-0.15, -0.1) is 0 Å². The number of sulfonamides is 1. The number of halogens is 2. The number of nitrogens with zero attached hydrogens (tertiary/aromatic N) is 1. The third kappa shape index (κ3) is 3.44. The highest BCUT2D eigenvalue weighted by Gasteiger charge is 2.33. The molecule has 1 saturated heterocycles. The number of benzene rings is 2. The molecule has 0 aromatic heterocycles. The van der Waals surface area contributed by atoms with E-state index >= 15 is 0 Å². The molecule has 0 bridgehead atoms. The van der Waals surface area contributed by atoms with Crippen LogP contribution in [0.5, 0.6) is 0 Å². The van der Waals surface area contributed by atoms with Crippen molar-refractivity contribution in [1.82, 2.24) is 4.72 Å². The molecule has 1 amide bonds. The van der Waals surface area contributed by atoms with E-state index in [1.807, 2.05) is 0 Å². The molecule has 1 heterocycles. The molecule has 24 heavy (non-hydrogen) atoms. The maximum atomic E-state index is 13.0. The summed E-state index contributed by atoms with van der Waals surface area (Å²) in [5.74, 6) is -1.21. The highest BCUT2D eigenvalue weighted by atomic mass is 32.2. The van der Waals surface area contributed by atoms with Crippen LogP contribution >= 0.6 is 0 Å². The molecule has 0 aliphatic carbocycles. The van der Waals surface area contributed by atoms with Crippen LogP contribution < -0.4 is 9.62 Å². The Bertz CT molecular complexity index is 852. The lowest BCUT2D eigenvalue weighted by atomic mass is 10.3. The van der Waals surface area contributed by atoms with Crippen molar-refractivity contribution >= 4 is 21.6 Å². The Morgan fingerprint density at radius 2 is 1.50 bits per heavy atom. The second-order valence-electron chi connectivity index (χ2n) is 5.46. The second-order valence-corrected chi connectivity index (χ2v) is 7.17. The van der Waals surface area contributed by atoms with Crippen molar-refractivity contribution in [2.75, 3.05) is 11.4 Å². The predicted octanol–water partition coefficient (Wildman–Crippen LogP) is 2.05. The fourth-order valence-electron chi connectivity index (χ4n) is 2.56. The van der Waals surface area contributed by atoms with Gasteiger partial charge in [-0.05, 0) is 48.5 Å². The van der Waals surface area contributed by atoms with Crippen LogP contribution in [0.2, 0.25) is 0 Å². The Labute approximate surface area is 138 Å². The van der Waals surface area contributed by atoms with E-state index in [9.17, 15) is 22.0 Å². The zero-order valence-electron chi connectivity index (χ0n) is 12.4. The number of hydrogen-bond donors (Lipinski definition) is 1. The zero-order valence-corrected chi connectivity index (χ0v) is 13.3. The number of hydrogen-bond acceptors (Lipinski definition) is 3. The lowest BCUT2D eigenvalue weighted by Gasteiger charge is -2.17. The first-order chi connectivity index (χ1) is 11.3. The van der Waals surface area contributed by atoms with Gasteiger partial charge in [-0.2, -0.15) is 0 Å². The summed E-state index contributed by atoms with van der Waals surface area (Å²) in [7, 11) is -3.85. The molecule has 1 fully saturated rings. The highest BCUT2D eigenvalue weighted by molar-refractivity contribution is 7.89. The average Bonchev–Trinajstić information content (AvgIpc) is 2.88. The quantitative estimate of drug-likeness (QED) is 0.916. The van der Waals surface area contributed by atoms with Gasteiger partial charge < -0.3 is 4.90 Å². The molecule has 2 aromatic carbocycles. The van der Waals surface area contributed by atoms with E-state index in [4.69, 9.17) is 0 Å². The van der Waals surface area contributed by atoms with Gasteiger partial charge in [0.05, 0.1) is 4.90 Å². The van der Waals surface area contributed by atoms with Gasteiger partial charge in [0.1, 0.15) is 11.6 Å². The Morgan fingerprint density at radius 1 is 0.958 bits per heavy atom. The highest BCUT2D eigenvalue weighted by Crippen LogP contribution is 2.23. The smallest absolute Gasteiger partial charge is 0.240 e. The van der Waals surface area contributed by atoms with E-state index in [0.29, 0.717) is 5.69 Å². The van der Waals surface area contributed by atoms with Gasteiger partial charge in [0, 0.05) is 24.7 Å². The number of anilines is 1. The minimum absolute atomic E-state index is 0.00218. The molecule has 126 valence electrons. The van der Waals surface area contributed by atoms with Gasteiger partial charge in [0.2, 0.25) is 15.9 Å². The van der Waals surface area contributed by atoms with E-state index in [0.717, 1.165) is 24.3 Å². The number of nitrogens with one attached hydrogen (secondary N) is 1. The fourth-order valence-corrected chi connectivity index (χ4v) is 3.79. The van der Waals surface area contributed by atoms with Gasteiger partial charge in [0.15, 0.2) is 0 Å². The molecule has 5 nitrogen and oxygen atoms in total. The molecular formula is C16H14F2N2O3S. The molecule has 1 aliphatic rings. The largest absolute Gasteiger partial charge is 0.311 e. The Morgan fingerprint density at radius 3 is 2.08 bits per heavy atom. The maximum absolute atomic E-state index is 13.0. The average molecular weight is 352 g/mol. The lowest BCUT2D eigenvalue weighted by molar-refractivity contribution is -0.117. The maximum Gasteiger partial charge on any atom is 0.240 e. The molecule has 3 rings (SSSR count). The SMILES string of the molecule is O=C1CC(NS(=O)(=O)c2ccc(F)cc2)CN1c1ccc(F)cc1. The van der Waals surface area contributed by atoms with Crippen molar-refractivity contribution in [3.8, 4) is 0 Å². The molecule has 0 saturated carbocycles. The number of rotatable bonds is 4. The molecule has 1 N–H and O–H groups in total. The van der Waals surface area contributed by atoms with E-state index < -0.39 is 27.7 Å². The van der Waals surface area contributed by atoms with Gasteiger partial charge in [0.25, 0.3) is 0 Å². The summed E-state index contributed by atoms with van der Waals surface area (Å²) in [6, 6.07) is 9.21. The third-order valence-corrected chi connectivity index (χ3v) is 5.25. The Kier molecular flexibility index (Phi) is 4.33. The molecule has 2 aromatic rings. The van der Waals surface area contributed by atoms with Gasteiger partial charge in [-0.1, -0.05) is 0 Å². The Balaban J connectivity index is 1.74. The second kappa shape index (κ2) is 6.29. The van der Waals surface area contributed by atoms with Crippen LogP contribution in [-0.2, 0) is 14.8 Å². The fraction of sp³-hybridized carbons (Fsp3) is 0.188. The molecular weight excluding hydrogens is 338 g/mol.